The number of nitrogens with one attached hydrogen (secondary N) is 1. The number of fused-ring (bicyclic) bond motifs is 1. The van der Waals surface area contributed by atoms with E-state index in [0.717, 1.165) is 11.1 Å². The number of anilines is 1. The summed E-state index contributed by atoms with van der Waals surface area (Å²) >= 11 is 0. The van der Waals surface area contributed by atoms with E-state index in [1.807, 2.05) is 77.6 Å². The SMILES string of the molecule is N#C/C(=C/c1cn(Cc2ccccc2)nc1-c1ccccc1)C(=O)Nc1ccc2c(c1)OCCO2. The molecule has 3 aromatic carbocycles. The van der Waals surface area contributed by atoms with Crippen LogP contribution in [0.1, 0.15) is 11.1 Å². The van der Waals surface area contributed by atoms with Gasteiger partial charge in [0.1, 0.15) is 24.9 Å². The summed E-state index contributed by atoms with van der Waals surface area (Å²) < 4.78 is 12.9. The van der Waals surface area contributed by atoms with Crippen molar-refractivity contribution in [2.75, 3.05) is 18.5 Å². The molecule has 7 nitrogen and oxygen atoms in total. The molecular formula is C28H22N4O3. The Morgan fingerprint density at radius 1 is 1.00 bits per heavy atom. The first-order valence-corrected chi connectivity index (χ1v) is 11.2. The van der Waals surface area contributed by atoms with Crippen LogP contribution >= 0.6 is 0 Å². The number of carbonyl (C=O) groups is 1. The molecular weight excluding hydrogens is 440 g/mol. The summed E-state index contributed by atoms with van der Waals surface area (Å²) in [7, 11) is 0. The van der Waals surface area contributed by atoms with E-state index in [2.05, 4.69) is 5.32 Å². The second-order valence-corrected chi connectivity index (χ2v) is 7.96. The maximum atomic E-state index is 13.0. The van der Waals surface area contributed by atoms with Crippen LogP contribution in [-0.4, -0.2) is 28.9 Å². The van der Waals surface area contributed by atoms with Crippen LogP contribution in [0.4, 0.5) is 5.69 Å². The zero-order valence-corrected chi connectivity index (χ0v) is 18.8. The zero-order valence-electron chi connectivity index (χ0n) is 18.8. The van der Waals surface area contributed by atoms with Crippen LogP contribution in [0.5, 0.6) is 11.5 Å². The lowest BCUT2D eigenvalue weighted by Gasteiger charge is -2.18. The third kappa shape index (κ3) is 5.07. The van der Waals surface area contributed by atoms with Crippen molar-refractivity contribution in [1.82, 2.24) is 9.78 Å². The number of nitrogens with zero attached hydrogens (tertiary/aromatic N) is 3. The predicted octanol–water partition coefficient (Wildman–Crippen LogP) is 4.92. The van der Waals surface area contributed by atoms with E-state index in [4.69, 9.17) is 14.6 Å². The van der Waals surface area contributed by atoms with Gasteiger partial charge in [-0.3, -0.25) is 9.48 Å². The molecule has 0 saturated heterocycles. The summed E-state index contributed by atoms with van der Waals surface area (Å²) in [5.41, 5.74) is 3.86. The number of hydrogen-bond acceptors (Lipinski definition) is 5. The Balaban J connectivity index is 1.45. The van der Waals surface area contributed by atoms with Crippen molar-refractivity contribution < 1.29 is 14.3 Å². The molecule has 0 saturated carbocycles. The van der Waals surface area contributed by atoms with Crippen LogP contribution in [0.25, 0.3) is 17.3 Å². The van der Waals surface area contributed by atoms with Crippen LogP contribution in [0.2, 0.25) is 0 Å². The first-order valence-electron chi connectivity index (χ1n) is 11.2. The van der Waals surface area contributed by atoms with Crippen molar-refractivity contribution in [3.63, 3.8) is 0 Å². The predicted molar refractivity (Wildman–Crippen MR) is 133 cm³/mol. The Bertz CT molecular complexity index is 1420. The Morgan fingerprint density at radius 3 is 2.46 bits per heavy atom. The minimum absolute atomic E-state index is 0.0312. The highest BCUT2D eigenvalue weighted by atomic mass is 16.6. The third-order valence-corrected chi connectivity index (χ3v) is 5.49. The number of nitriles is 1. The van der Waals surface area contributed by atoms with E-state index < -0.39 is 5.91 Å². The van der Waals surface area contributed by atoms with Gasteiger partial charge in [-0.1, -0.05) is 60.7 Å². The molecule has 0 bridgehead atoms. The van der Waals surface area contributed by atoms with Gasteiger partial charge >= 0.3 is 0 Å². The molecule has 1 amide bonds. The Kier molecular flexibility index (Phi) is 6.27. The van der Waals surface area contributed by atoms with E-state index in [-0.39, 0.29) is 5.57 Å². The maximum absolute atomic E-state index is 13.0. The molecule has 0 aliphatic carbocycles. The average Bonchev–Trinajstić information content (AvgIpc) is 3.30. The molecule has 7 heteroatoms. The second kappa shape index (κ2) is 9.98. The molecule has 2 heterocycles. The molecule has 0 radical (unpaired) electrons. The molecule has 1 aliphatic heterocycles. The summed E-state index contributed by atoms with van der Waals surface area (Å²) in [6, 6.07) is 26.8. The highest BCUT2D eigenvalue weighted by molar-refractivity contribution is 6.10. The van der Waals surface area contributed by atoms with Crippen molar-refractivity contribution in [2.24, 2.45) is 0 Å². The minimum Gasteiger partial charge on any atom is -0.486 e. The Morgan fingerprint density at radius 2 is 1.71 bits per heavy atom. The average molecular weight is 463 g/mol. The van der Waals surface area contributed by atoms with Crippen LogP contribution in [0, 0.1) is 11.3 Å². The Labute approximate surface area is 202 Å². The quantitative estimate of drug-likeness (QED) is 0.325. The molecule has 1 N–H and O–H groups in total. The van der Waals surface area contributed by atoms with Gasteiger partial charge in [-0.05, 0) is 23.8 Å². The van der Waals surface area contributed by atoms with E-state index in [9.17, 15) is 10.1 Å². The fourth-order valence-electron chi connectivity index (χ4n) is 3.84. The van der Waals surface area contributed by atoms with E-state index in [1.54, 1.807) is 24.3 Å². The lowest BCUT2D eigenvalue weighted by Crippen LogP contribution is -2.17. The van der Waals surface area contributed by atoms with Crippen LogP contribution in [-0.2, 0) is 11.3 Å². The van der Waals surface area contributed by atoms with Crippen LogP contribution in [0.15, 0.2) is 90.6 Å². The van der Waals surface area contributed by atoms with Crippen molar-refractivity contribution in [3.8, 4) is 28.8 Å². The first-order chi connectivity index (χ1) is 17.2. The van der Waals surface area contributed by atoms with Gasteiger partial charge in [0.2, 0.25) is 0 Å². The van der Waals surface area contributed by atoms with Crippen LogP contribution < -0.4 is 14.8 Å². The summed E-state index contributed by atoms with van der Waals surface area (Å²) in [4.78, 5) is 13.0. The molecule has 0 fully saturated rings. The van der Waals surface area contributed by atoms with Gasteiger partial charge in [0.05, 0.1) is 12.2 Å². The van der Waals surface area contributed by atoms with Crippen molar-refractivity contribution in [1.29, 1.82) is 5.26 Å². The normalized spacial score (nSPS) is 12.6. The highest BCUT2D eigenvalue weighted by Gasteiger charge is 2.17. The van der Waals surface area contributed by atoms with Gasteiger partial charge in [-0.15, -0.1) is 0 Å². The molecule has 4 aromatic rings. The van der Waals surface area contributed by atoms with E-state index in [0.29, 0.717) is 48.2 Å². The number of benzene rings is 3. The van der Waals surface area contributed by atoms with Gasteiger partial charge in [0, 0.05) is 29.1 Å². The number of carbonyl (C=O) groups excluding carboxylic acids is 1. The minimum atomic E-state index is -0.515. The highest BCUT2D eigenvalue weighted by Crippen LogP contribution is 2.33. The molecule has 35 heavy (non-hydrogen) atoms. The smallest absolute Gasteiger partial charge is 0.266 e. The number of ether oxygens (including phenoxy) is 2. The summed E-state index contributed by atoms with van der Waals surface area (Å²) in [5.74, 6) is 0.674. The fourth-order valence-corrected chi connectivity index (χ4v) is 3.84. The summed E-state index contributed by atoms with van der Waals surface area (Å²) in [5, 5.41) is 17.3. The summed E-state index contributed by atoms with van der Waals surface area (Å²) in [6.45, 7) is 1.50. The van der Waals surface area contributed by atoms with Gasteiger partial charge < -0.3 is 14.8 Å². The maximum Gasteiger partial charge on any atom is 0.266 e. The monoisotopic (exact) mass is 462 g/mol. The molecule has 0 atom stereocenters. The van der Waals surface area contributed by atoms with Gasteiger partial charge in [-0.25, -0.2) is 0 Å². The molecule has 0 spiro atoms. The van der Waals surface area contributed by atoms with Crippen molar-refractivity contribution in [2.45, 2.75) is 6.54 Å². The number of aromatic nitrogens is 2. The largest absolute Gasteiger partial charge is 0.486 e. The molecule has 1 aliphatic rings. The van der Waals surface area contributed by atoms with Gasteiger partial charge in [-0.2, -0.15) is 10.4 Å². The number of hydrogen-bond donors (Lipinski definition) is 1. The third-order valence-electron chi connectivity index (χ3n) is 5.49. The first kappa shape index (κ1) is 22.0. The van der Waals surface area contributed by atoms with Crippen molar-refractivity contribution in [3.05, 3.63) is 102 Å². The lowest BCUT2D eigenvalue weighted by atomic mass is 10.1. The van der Waals surface area contributed by atoms with E-state index in [1.165, 1.54) is 0 Å². The molecule has 0 unspecified atom stereocenters. The summed E-state index contributed by atoms with van der Waals surface area (Å²) in [6.07, 6.45) is 3.42. The standard InChI is InChI=1S/C28H22N4O3/c29-17-22(28(33)30-24-11-12-25-26(16-24)35-14-13-34-25)15-23-19-32(18-20-7-3-1-4-8-20)31-27(23)21-9-5-2-6-10-21/h1-12,15-16,19H,13-14,18H2,(H,30,33)/b22-15-. The zero-order chi connectivity index (χ0) is 24.0. The topological polar surface area (TPSA) is 89.2 Å². The Hall–Kier alpha value is -4.83. The lowest BCUT2D eigenvalue weighted by molar-refractivity contribution is -0.112. The number of amides is 1. The second-order valence-electron chi connectivity index (χ2n) is 7.96. The van der Waals surface area contributed by atoms with Gasteiger partial charge in [0.25, 0.3) is 5.91 Å². The fraction of sp³-hybridized carbons (Fsp3) is 0.107. The van der Waals surface area contributed by atoms with Gasteiger partial charge in [0.15, 0.2) is 11.5 Å². The molecule has 1 aromatic heterocycles. The van der Waals surface area contributed by atoms with Crippen molar-refractivity contribution >= 4 is 17.7 Å². The molecule has 172 valence electrons. The number of rotatable bonds is 6. The van der Waals surface area contributed by atoms with Crippen LogP contribution in [0.3, 0.4) is 0 Å². The van der Waals surface area contributed by atoms with E-state index >= 15 is 0 Å². The molecule has 5 rings (SSSR count).